The standard InChI is InChI=1S/C22H18N2O2S4/c1-3-13-9-5-7-11-15(13)23-19(25)17(29-21(23)27)18-20(26)24(22(28)30-18)16-12-8-6-10-14(16)4-2/h5-12H,3-4H2,1-2H3. The fourth-order valence-electron chi connectivity index (χ4n) is 3.48. The van der Waals surface area contributed by atoms with Crippen LogP contribution in [0.5, 0.6) is 0 Å². The summed E-state index contributed by atoms with van der Waals surface area (Å²) in [5.74, 6) is -0.537. The third-order valence-electron chi connectivity index (χ3n) is 4.97. The van der Waals surface area contributed by atoms with Gasteiger partial charge in [-0.1, -0.05) is 98.2 Å². The van der Waals surface area contributed by atoms with Crippen LogP contribution in [0.2, 0.25) is 0 Å². The van der Waals surface area contributed by atoms with Crippen molar-refractivity contribution < 1.29 is 9.59 Å². The molecular formula is C22H18N2O2S4. The van der Waals surface area contributed by atoms with Crippen LogP contribution in [-0.4, -0.2) is 20.5 Å². The monoisotopic (exact) mass is 470 g/mol. The zero-order valence-corrected chi connectivity index (χ0v) is 19.6. The van der Waals surface area contributed by atoms with Crippen molar-refractivity contribution in [3.63, 3.8) is 0 Å². The van der Waals surface area contributed by atoms with Crippen LogP contribution in [0, 0.1) is 0 Å². The van der Waals surface area contributed by atoms with Gasteiger partial charge >= 0.3 is 0 Å². The minimum atomic E-state index is -0.268. The van der Waals surface area contributed by atoms with Crippen molar-refractivity contribution in [3.05, 3.63) is 69.5 Å². The number of hydrogen-bond donors (Lipinski definition) is 0. The Morgan fingerprint density at radius 3 is 1.43 bits per heavy atom. The second-order valence-corrected chi connectivity index (χ2v) is 9.93. The molecule has 2 heterocycles. The van der Waals surface area contributed by atoms with Gasteiger partial charge in [-0.25, -0.2) is 0 Å². The first kappa shape index (κ1) is 21.2. The molecule has 2 saturated heterocycles. The molecule has 0 atom stereocenters. The predicted molar refractivity (Wildman–Crippen MR) is 134 cm³/mol. The van der Waals surface area contributed by atoms with Gasteiger partial charge in [0.1, 0.15) is 0 Å². The maximum Gasteiger partial charge on any atom is 0.272 e. The van der Waals surface area contributed by atoms with Crippen molar-refractivity contribution in [2.24, 2.45) is 0 Å². The summed E-state index contributed by atoms with van der Waals surface area (Å²) in [5, 5.41) is 0. The van der Waals surface area contributed by atoms with E-state index in [2.05, 4.69) is 0 Å². The smallest absolute Gasteiger partial charge is 0.268 e. The summed E-state index contributed by atoms with van der Waals surface area (Å²) >= 11 is 13.4. The summed E-state index contributed by atoms with van der Waals surface area (Å²) in [5.41, 5.74) is 3.59. The molecule has 0 unspecified atom stereocenters. The highest BCUT2D eigenvalue weighted by Gasteiger charge is 2.43. The third-order valence-corrected chi connectivity index (χ3v) is 7.85. The van der Waals surface area contributed by atoms with Crippen LogP contribution in [0.4, 0.5) is 11.4 Å². The van der Waals surface area contributed by atoms with E-state index >= 15 is 0 Å². The summed E-state index contributed by atoms with van der Waals surface area (Å²) in [7, 11) is 0. The van der Waals surface area contributed by atoms with Crippen molar-refractivity contribution in [2.75, 3.05) is 9.80 Å². The maximum atomic E-state index is 13.3. The molecule has 2 aliphatic heterocycles. The summed E-state index contributed by atoms with van der Waals surface area (Å²) < 4.78 is 0.852. The van der Waals surface area contributed by atoms with E-state index in [1.54, 1.807) is 0 Å². The van der Waals surface area contributed by atoms with Gasteiger partial charge in [0.05, 0.1) is 21.2 Å². The molecule has 2 amide bonds. The van der Waals surface area contributed by atoms with Crippen molar-refractivity contribution >= 4 is 79.8 Å². The second kappa shape index (κ2) is 8.63. The number of carbonyl (C=O) groups excluding carboxylic acids is 2. The van der Waals surface area contributed by atoms with E-state index in [-0.39, 0.29) is 11.8 Å². The Kier molecular flexibility index (Phi) is 6.11. The molecule has 2 fully saturated rings. The van der Waals surface area contributed by atoms with Crippen molar-refractivity contribution in [2.45, 2.75) is 26.7 Å². The van der Waals surface area contributed by atoms with Gasteiger partial charge in [0.25, 0.3) is 11.8 Å². The van der Waals surface area contributed by atoms with Crippen molar-refractivity contribution in [3.8, 4) is 0 Å². The van der Waals surface area contributed by atoms with Crippen LogP contribution in [0.3, 0.4) is 0 Å². The Morgan fingerprint density at radius 2 is 1.07 bits per heavy atom. The van der Waals surface area contributed by atoms with E-state index in [0.29, 0.717) is 18.5 Å². The first-order chi connectivity index (χ1) is 14.5. The van der Waals surface area contributed by atoms with Gasteiger partial charge in [-0.3, -0.25) is 19.4 Å². The molecule has 8 heteroatoms. The first-order valence-electron chi connectivity index (χ1n) is 9.50. The molecule has 0 saturated carbocycles. The van der Waals surface area contributed by atoms with Crippen molar-refractivity contribution in [1.82, 2.24) is 0 Å². The number of thioether (sulfide) groups is 2. The molecule has 4 rings (SSSR count). The van der Waals surface area contributed by atoms with E-state index in [4.69, 9.17) is 24.4 Å². The molecule has 0 aromatic heterocycles. The van der Waals surface area contributed by atoms with E-state index in [1.807, 2.05) is 62.4 Å². The lowest BCUT2D eigenvalue weighted by Gasteiger charge is -2.18. The average molecular weight is 471 g/mol. The van der Waals surface area contributed by atoms with Crippen LogP contribution in [0.1, 0.15) is 25.0 Å². The van der Waals surface area contributed by atoms with Gasteiger partial charge < -0.3 is 0 Å². The highest BCUT2D eigenvalue weighted by Crippen LogP contribution is 2.45. The van der Waals surface area contributed by atoms with E-state index in [9.17, 15) is 9.59 Å². The number of nitrogens with zero attached hydrogens (tertiary/aromatic N) is 2. The number of amides is 2. The van der Waals surface area contributed by atoms with Gasteiger partial charge in [0, 0.05) is 0 Å². The molecule has 30 heavy (non-hydrogen) atoms. The number of thiocarbonyl (C=S) groups is 2. The minimum Gasteiger partial charge on any atom is -0.268 e. The first-order valence-corrected chi connectivity index (χ1v) is 12.0. The van der Waals surface area contributed by atoms with Gasteiger partial charge in [0.2, 0.25) is 0 Å². The minimum absolute atomic E-state index is 0.268. The zero-order valence-electron chi connectivity index (χ0n) is 16.4. The number of aryl methyl sites for hydroxylation is 2. The van der Waals surface area contributed by atoms with Gasteiger partial charge in [0.15, 0.2) is 8.64 Å². The Balaban J connectivity index is 1.74. The normalized spacial score (nSPS) is 19.4. The second-order valence-electron chi connectivity index (χ2n) is 6.64. The highest BCUT2D eigenvalue weighted by atomic mass is 32.2. The number of hydrogen-bond acceptors (Lipinski definition) is 6. The molecule has 2 aromatic rings. The quantitative estimate of drug-likeness (QED) is 0.437. The number of carbonyl (C=O) groups is 2. The number of anilines is 2. The SMILES string of the molecule is CCc1ccccc1N1C(=O)C(=C2SC(=S)N(c3ccccc3CC)C2=O)SC1=S. The molecule has 0 aliphatic carbocycles. The summed E-state index contributed by atoms with van der Waals surface area (Å²) in [6.45, 7) is 4.07. The lowest BCUT2D eigenvalue weighted by atomic mass is 10.1. The van der Waals surface area contributed by atoms with E-state index in [0.717, 1.165) is 35.3 Å². The molecule has 0 spiro atoms. The van der Waals surface area contributed by atoms with E-state index in [1.165, 1.54) is 33.3 Å². The average Bonchev–Trinajstić information content (AvgIpc) is 3.21. The maximum absolute atomic E-state index is 13.3. The topological polar surface area (TPSA) is 40.6 Å². The Morgan fingerprint density at radius 1 is 0.700 bits per heavy atom. The van der Waals surface area contributed by atoms with Gasteiger partial charge in [-0.05, 0) is 36.1 Å². The summed E-state index contributed by atoms with van der Waals surface area (Å²) in [6, 6.07) is 15.4. The lowest BCUT2D eigenvalue weighted by Crippen LogP contribution is -2.30. The third kappa shape index (κ3) is 3.51. The molecule has 2 aliphatic rings. The van der Waals surface area contributed by atoms with Crippen LogP contribution < -0.4 is 9.80 Å². The number of rotatable bonds is 4. The fraction of sp³-hybridized carbons (Fsp3) is 0.182. The number of benzene rings is 2. The molecule has 152 valence electrons. The van der Waals surface area contributed by atoms with Crippen LogP contribution in [0.15, 0.2) is 58.3 Å². The number of para-hydroxylation sites is 2. The van der Waals surface area contributed by atoms with Crippen molar-refractivity contribution in [1.29, 1.82) is 0 Å². The van der Waals surface area contributed by atoms with Gasteiger partial charge in [-0.15, -0.1) is 0 Å². The van der Waals surface area contributed by atoms with Crippen LogP contribution in [-0.2, 0) is 22.4 Å². The molecule has 0 N–H and O–H groups in total. The Bertz CT molecular complexity index is 1040. The molecule has 0 radical (unpaired) electrons. The molecular weight excluding hydrogens is 453 g/mol. The van der Waals surface area contributed by atoms with Crippen LogP contribution in [0.25, 0.3) is 0 Å². The molecule has 2 aromatic carbocycles. The van der Waals surface area contributed by atoms with E-state index < -0.39 is 0 Å². The highest BCUT2D eigenvalue weighted by molar-refractivity contribution is 8.30. The Labute approximate surface area is 194 Å². The van der Waals surface area contributed by atoms with Crippen LogP contribution >= 0.6 is 48.0 Å². The lowest BCUT2D eigenvalue weighted by molar-refractivity contribution is -0.115. The molecule has 4 nitrogen and oxygen atoms in total. The predicted octanol–water partition coefficient (Wildman–Crippen LogP) is 5.45. The zero-order chi connectivity index (χ0) is 21.4. The van der Waals surface area contributed by atoms with Gasteiger partial charge in [-0.2, -0.15) is 0 Å². The fourth-order valence-corrected chi connectivity index (χ4v) is 6.20. The summed E-state index contributed by atoms with van der Waals surface area (Å²) in [6.07, 6.45) is 1.55. The largest absolute Gasteiger partial charge is 0.272 e. The Hall–Kier alpha value is -2.00. The summed E-state index contributed by atoms with van der Waals surface area (Å²) in [4.78, 5) is 30.4. The molecule has 0 bridgehead atoms.